The van der Waals surface area contributed by atoms with E-state index in [2.05, 4.69) is 44.0 Å². The Kier molecular flexibility index (Phi) is 3.53. The predicted octanol–water partition coefficient (Wildman–Crippen LogP) is 3.61. The molecule has 6 heteroatoms. The van der Waals surface area contributed by atoms with E-state index in [9.17, 15) is 0 Å². The van der Waals surface area contributed by atoms with Gasteiger partial charge in [-0.05, 0) is 12.1 Å². The van der Waals surface area contributed by atoms with Crippen LogP contribution in [0.15, 0.2) is 29.3 Å². The lowest BCUT2D eigenvalue weighted by molar-refractivity contribution is 0.999. The van der Waals surface area contributed by atoms with E-state index in [0.717, 1.165) is 26.8 Å². The molecule has 1 aliphatic heterocycles. The number of thiazole rings is 1. The van der Waals surface area contributed by atoms with E-state index in [0.29, 0.717) is 5.25 Å². The smallest absolute Gasteiger partial charge is 0.189 e. The van der Waals surface area contributed by atoms with Crippen molar-refractivity contribution in [1.82, 2.24) is 4.98 Å². The van der Waals surface area contributed by atoms with E-state index in [4.69, 9.17) is 0 Å². The van der Waals surface area contributed by atoms with Crippen LogP contribution >= 0.6 is 45.7 Å². The van der Waals surface area contributed by atoms with E-state index in [-0.39, 0.29) is 0 Å². The minimum absolute atomic E-state index is 0.618. The predicted molar refractivity (Wildman–Crippen MR) is 85.8 cm³/mol. The second-order valence-corrected chi connectivity index (χ2v) is 6.85. The van der Waals surface area contributed by atoms with Gasteiger partial charge in [-0.15, -0.1) is 0 Å². The van der Waals surface area contributed by atoms with Gasteiger partial charge in [-0.3, -0.25) is 4.99 Å². The molecule has 1 aromatic carbocycles. The molecule has 0 saturated heterocycles. The van der Waals surface area contributed by atoms with Gasteiger partial charge in [-0.25, -0.2) is 4.98 Å². The normalized spacial score (nSPS) is 19.6. The zero-order valence-corrected chi connectivity index (χ0v) is 12.7. The molecule has 1 aliphatic rings. The molecule has 0 saturated carbocycles. The number of nitrogens with zero attached hydrogens (tertiary/aromatic N) is 2. The third-order valence-corrected chi connectivity index (χ3v) is 6.11. The molecule has 3 rings (SSSR count). The van der Waals surface area contributed by atoms with E-state index < -0.39 is 0 Å². The number of nitrogens with one attached hydrogen (secondary N) is 1. The van der Waals surface area contributed by atoms with Crippen molar-refractivity contribution in [2.75, 3.05) is 16.3 Å². The average molecular weight is 375 g/mol. The zero-order valence-electron chi connectivity index (χ0n) is 8.89. The summed E-state index contributed by atoms with van der Waals surface area (Å²) in [4.78, 5) is 9.02. The van der Waals surface area contributed by atoms with E-state index in [1.807, 2.05) is 30.0 Å². The number of hydrogen-bond donors (Lipinski definition) is 1. The van der Waals surface area contributed by atoms with Crippen molar-refractivity contribution >= 4 is 66.2 Å². The SMILES string of the molecule is IC[C@H]1CN=C(Nc2nc3ccccc3s2)S1. The molecule has 3 nitrogen and oxygen atoms in total. The van der Waals surface area contributed by atoms with Gasteiger partial charge >= 0.3 is 0 Å². The lowest BCUT2D eigenvalue weighted by Crippen LogP contribution is -2.07. The summed E-state index contributed by atoms with van der Waals surface area (Å²) in [5.41, 5.74) is 1.05. The first-order valence-electron chi connectivity index (χ1n) is 5.25. The number of thioether (sulfide) groups is 1. The summed E-state index contributed by atoms with van der Waals surface area (Å²) in [5, 5.41) is 5.87. The number of para-hydroxylation sites is 1. The van der Waals surface area contributed by atoms with Crippen LogP contribution in [0, 0.1) is 0 Å². The van der Waals surface area contributed by atoms with Crippen LogP contribution in [-0.4, -0.2) is 26.4 Å². The summed E-state index contributed by atoms with van der Waals surface area (Å²) in [6, 6.07) is 8.18. The Morgan fingerprint density at radius 1 is 1.41 bits per heavy atom. The van der Waals surface area contributed by atoms with Gasteiger partial charge in [0.1, 0.15) is 0 Å². The van der Waals surface area contributed by atoms with Crippen molar-refractivity contribution in [3.63, 3.8) is 0 Å². The van der Waals surface area contributed by atoms with Crippen LogP contribution in [0.1, 0.15) is 0 Å². The Morgan fingerprint density at radius 3 is 3.06 bits per heavy atom. The van der Waals surface area contributed by atoms with Crippen LogP contribution in [0.3, 0.4) is 0 Å². The standard InChI is InChI=1S/C11H10IN3S2/c12-5-7-6-13-10(16-7)15-11-14-8-3-1-2-4-9(8)17-11/h1-4,7H,5-6H2,(H,13,14,15)/t7-/m0/s1. The Labute approximate surface area is 121 Å². The van der Waals surface area contributed by atoms with Gasteiger partial charge in [0.15, 0.2) is 10.3 Å². The minimum Gasteiger partial charge on any atom is -0.311 e. The van der Waals surface area contributed by atoms with Crippen molar-refractivity contribution in [2.24, 2.45) is 4.99 Å². The maximum absolute atomic E-state index is 4.54. The van der Waals surface area contributed by atoms with E-state index >= 15 is 0 Å². The summed E-state index contributed by atoms with van der Waals surface area (Å²) < 4.78 is 2.35. The van der Waals surface area contributed by atoms with Crippen LogP contribution in [0.25, 0.3) is 10.2 Å². The maximum atomic E-state index is 4.54. The number of hydrogen-bond acceptors (Lipinski definition) is 5. The van der Waals surface area contributed by atoms with Gasteiger partial charge in [-0.2, -0.15) is 0 Å². The molecule has 0 fully saturated rings. The maximum Gasteiger partial charge on any atom is 0.189 e. The highest BCUT2D eigenvalue weighted by atomic mass is 127. The topological polar surface area (TPSA) is 37.3 Å². The van der Waals surface area contributed by atoms with Gasteiger partial charge in [-0.1, -0.05) is 57.8 Å². The minimum atomic E-state index is 0.618. The summed E-state index contributed by atoms with van der Waals surface area (Å²) in [6.45, 7) is 0.917. The van der Waals surface area contributed by atoms with Crippen molar-refractivity contribution in [3.8, 4) is 0 Å². The highest BCUT2D eigenvalue weighted by molar-refractivity contribution is 14.1. The van der Waals surface area contributed by atoms with Crippen LogP contribution < -0.4 is 5.32 Å². The number of halogens is 1. The summed E-state index contributed by atoms with van der Waals surface area (Å²) >= 11 is 5.90. The first kappa shape index (κ1) is 11.7. The van der Waals surface area contributed by atoms with E-state index in [1.54, 1.807) is 11.3 Å². The zero-order chi connectivity index (χ0) is 11.7. The summed E-state index contributed by atoms with van der Waals surface area (Å²) in [5.74, 6) is 0. The van der Waals surface area contributed by atoms with Crippen LogP contribution in [0.2, 0.25) is 0 Å². The highest BCUT2D eigenvalue weighted by Gasteiger charge is 2.19. The molecule has 1 aromatic heterocycles. The molecule has 0 spiro atoms. The molecule has 88 valence electrons. The number of fused-ring (bicyclic) bond motifs is 1. The first-order valence-corrected chi connectivity index (χ1v) is 8.47. The summed E-state index contributed by atoms with van der Waals surface area (Å²) in [7, 11) is 0. The number of alkyl halides is 1. The Morgan fingerprint density at radius 2 is 2.29 bits per heavy atom. The third-order valence-electron chi connectivity index (χ3n) is 2.40. The molecule has 1 atom stereocenters. The van der Waals surface area contributed by atoms with Crippen molar-refractivity contribution < 1.29 is 0 Å². The molecule has 2 heterocycles. The fraction of sp³-hybridized carbons (Fsp3) is 0.273. The number of rotatable bonds is 2. The number of amidine groups is 1. The fourth-order valence-corrected chi connectivity index (χ4v) is 4.16. The third kappa shape index (κ3) is 2.58. The lowest BCUT2D eigenvalue weighted by Gasteiger charge is -2.02. The highest BCUT2D eigenvalue weighted by Crippen LogP contribution is 2.29. The Hall–Kier alpha value is -0.340. The molecule has 0 unspecified atom stereocenters. The second-order valence-electron chi connectivity index (χ2n) is 3.65. The first-order chi connectivity index (χ1) is 8.35. The number of aromatic nitrogens is 1. The largest absolute Gasteiger partial charge is 0.311 e. The molecular formula is C11H10IN3S2. The lowest BCUT2D eigenvalue weighted by atomic mass is 10.3. The van der Waals surface area contributed by atoms with Gasteiger partial charge in [0.25, 0.3) is 0 Å². The Bertz CT molecular complexity index is 534. The van der Waals surface area contributed by atoms with Crippen LogP contribution in [0.5, 0.6) is 0 Å². The van der Waals surface area contributed by atoms with Crippen molar-refractivity contribution in [3.05, 3.63) is 24.3 Å². The molecule has 0 aliphatic carbocycles. The van der Waals surface area contributed by atoms with Gasteiger partial charge in [0.05, 0.1) is 16.8 Å². The molecule has 0 amide bonds. The monoisotopic (exact) mass is 375 g/mol. The molecular weight excluding hydrogens is 365 g/mol. The van der Waals surface area contributed by atoms with Crippen LogP contribution in [-0.2, 0) is 0 Å². The average Bonchev–Trinajstić information content (AvgIpc) is 2.94. The van der Waals surface area contributed by atoms with Gasteiger partial charge < -0.3 is 5.32 Å². The summed E-state index contributed by atoms with van der Waals surface area (Å²) in [6.07, 6.45) is 0. The molecule has 0 radical (unpaired) electrons. The number of anilines is 1. The molecule has 2 aromatic rings. The van der Waals surface area contributed by atoms with E-state index in [1.165, 1.54) is 4.70 Å². The van der Waals surface area contributed by atoms with Crippen molar-refractivity contribution in [2.45, 2.75) is 5.25 Å². The molecule has 1 N–H and O–H groups in total. The van der Waals surface area contributed by atoms with Gasteiger partial charge in [0, 0.05) is 9.68 Å². The number of aliphatic imine (C=N–C) groups is 1. The Balaban J connectivity index is 1.77. The second kappa shape index (κ2) is 5.11. The molecule has 0 bridgehead atoms. The quantitative estimate of drug-likeness (QED) is 0.644. The van der Waals surface area contributed by atoms with Crippen molar-refractivity contribution in [1.29, 1.82) is 0 Å². The van der Waals surface area contributed by atoms with Crippen LogP contribution in [0.4, 0.5) is 5.13 Å². The fourth-order valence-electron chi connectivity index (χ4n) is 1.58. The number of benzene rings is 1. The van der Waals surface area contributed by atoms with Gasteiger partial charge in [0.2, 0.25) is 0 Å². The molecule has 17 heavy (non-hydrogen) atoms.